The Morgan fingerprint density at radius 1 is 1.53 bits per heavy atom. The minimum atomic E-state index is -4.75. The van der Waals surface area contributed by atoms with Gasteiger partial charge in [-0.1, -0.05) is 0 Å². The van der Waals surface area contributed by atoms with Crippen LogP contribution >= 0.6 is 0 Å². The van der Waals surface area contributed by atoms with E-state index in [4.69, 9.17) is 0 Å². The minimum Gasteiger partial charge on any atom is -0.448 e. The van der Waals surface area contributed by atoms with Crippen molar-refractivity contribution in [2.24, 2.45) is 0 Å². The van der Waals surface area contributed by atoms with E-state index in [-0.39, 0.29) is 63.3 Å². The van der Waals surface area contributed by atoms with E-state index in [1.54, 1.807) is 0 Å². The smallest absolute Gasteiger partial charge is 0.448 e. The number of likely N-dealkylation sites (tertiary alicyclic amines) is 1. The van der Waals surface area contributed by atoms with Crippen molar-refractivity contribution in [3.8, 4) is 0 Å². The average Bonchev–Trinajstić information content (AvgIpc) is 2.30. The van der Waals surface area contributed by atoms with Gasteiger partial charge in [0.1, 0.15) is 0 Å². The summed E-state index contributed by atoms with van der Waals surface area (Å²) in [6.07, 6.45) is -0.220. The first kappa shape index (κ1) is 15.9. The third-order valence-corrected chi connectivity index (χ3v) is 2.14. The fourth-order valence-corrected chi connectivity index (χ4v) is 1.70. The van der Waals surface area contributed by atoms with Crippen LogP contribution in [0.1, 0.15) is 13.3 Å². The fourth-order valence-electron chi connectivity index (χ4n) is 1.70. The molecule has 0 aromatic heterocycles. The first-order valence-electron chi connectivity index (χ1n) is 4.57. The molecule has 82 valence electrons. The number of nitrogens with one attached hydrogen (secondary N) is 1. The molecule has 15 heavy (non-hydrogen) atoms. The SMILES string of the molecule is CC(=O)NC1CCN(C[B-](F)(F)F)C1.[K+]. The summed E-state index contributed by atoms with van der Waals surface area (Å²) in [5.74, 6) is -0.186. The Morgan fingerprint density at radius 2 is 2.13 bits per heavy atom. The summed E-state index contributed by atoms with van der Waals surface area (Å²) in [6, 6.07) is -0.120. The molecule has 8 heteroatoms. The predicted molar refractivity (Wildman–Crippen MR) is 47.7 cm³/mol. The van der Waals surface area contributed by atoms with Gasteiger partial charge >= 0.3 is 58.4 Å². The van der Waals surface area contributed by atoms with Crippen molar-refractivity contribution < 1.29 is 69.1 Å². The van der Waals surface area contributed by atoms with Gasteiger partial charge in [0.2, 0.25) is 5.91 Å². The van der Waals surface area contributed by atoms with Crippen LogP contribution in [0.25, 0.3) is 0 Å². The second kappa shape index (κ2) is 6.61. The number of nitrogens with zero attached hydrogens (tertiary/aromatic N) is 1. The van der Waals surface area contributed by atoms with Gasteiger partial charge in [-0.2, -0.15) is 0 Å². The maximum Gasteiger partial charge on any atom is 1.00 e. The molecule has 1 fully saturated rings. The van der Waals surface area contributed by atoms with E-state index < -0.39 is 13.4 Å². The van der Waals surface area contributed by atoms with Crippen LogP contribution < -0.4 is 56.7 Å². The number of carbonyl (C=O) groups is 1. The maximum absolute atomic E-state index is 12.0. The van der Waals surface area contributed by atoms with Gasteiger partial charge < -0.3 is 23.2 Å². The second-order valence-corrected chi connectivity index (χ2v) is 3.66. The molecule has 0 bridgehead atoms. The average molecular weight is 248 g/mol. The monoisotopic (exact) mass is 248 g/mol. The van der Waals surface area contributed by atoms with Crippen LogP contribution in [-0.2, 0) is 4.79 Å². The van der Waals surface area contributed by atoms with E-state index in [0.717, 1.165) is 0 Å². The van der Waals surface area contributed by atoms with Crippen LogP contribution in [0.15, 0.2) is 0 Å². The summed E-state index contributed by atoms with van der Waals surface area (Å²) >= 11 is 0. The van der Waals surface area contributed by atoms with Gasteiger partial charge in [0.15, 0.2) is 0 Å². The van der Waals surface area contributed by atoms with Gasteiger partial charge in [0.25, 0.3) is 0 Å². The zero-order valence-corrected chi connectivity index (χ0v) is 12.1. The number of halogens is 3. The third-order valence-electron chi connectivity index (χ3n) is 2.14. The van der Waals surface area contributed by atoms with Crippen LogP contribution in [0, 0.1) is 0 Å². The summed E-state index contributed by atoms with van der Waals surface area (Å²) in [6.45, 7) is -2.66. The molecule has 1 aliphatic rings. The molecule has 1 saturated heterocycles. The molecular weight excluding hydrogens is 235 g/mol. The molecule has 0 radical (unpaired) electrons. The number of hydrogen-bond donors (Lipinski definition) is 1. The molecule has 0 aromatic rings. The summed E-state index contributed by atoms with van der Waals surface area (Å²) < 4.78 is 36.1. The molecular formula is C7H13BF3KN2O. The van der Waals surface area contributed by atoms with Crippen LogP contribution in [0.5, 0.6) is 0 Å². The molecule has 0 saturated carbocycles. The van der Waals surface area contributed by atoms with Crippen molar-refractivity contribution in [2.75, 3.05) is 19.5 Å². The first-order chi connectivity index (χ1) is 6.37. The molecule has 1 rings (SSSR count). The van der Waals surface area contributed by atoms with Crippen molar-refractivity contribution in [3.63, 3.8) is 0 Å². The van der Waals surface area contributed by atoms with Crippen molar-refractivity contribution >= 4 is 12.9 Å². The summed E-state index contributed by atoms with van der Waals surface area (Å²) in [5, 5.41) is 2.62. The molecule has 1 aliphatic heterocycles. The molecule has 1 unspecified atom stereocenters. The molecule has 1 N–H and O–H groups in total. The van der Waals surface area contributed by atoms with E-state index in [1.165, 1.54) is 11.8 Å². The van der Waals surface area contributed by atoms with E-state index in [1.807, 2.05) is 0 Å². The fraction of sp³-hybridized carbons (Fsp3) is 0.857. The molecule has 0 aromatic carbocycles. The van der Waals surface area contributed by atoms with Crippen LogP contribution in [-0.4, -0.2) is 43.4 Å². The van der Waals surface area contributed by atoms with Crippen LogP contribution in [0.2, 0.25) is 0 Å². The van der Waals surface area contributed by atoms with Gasteiger partial charge in [0, 0.05) is 19.5 Å². The Balaban J connectivity index is 0.00000196. The molecule has 0 spiro atoms. The summed E-state index contributed by atoms with van der Waals surface area (Å²) in [7, 11) is 0. The van der Waals surface area contributed by atoms with Gasteiger partial charge in [-0.25, -0.2) is 0 Å². The van der Waals surface area contributed by atoms with E-state index in [9.17, 15) is 17.7 Å². The van der Waals surface area contributed by atoms with Gasteiger partial charge in [-0.3, -0.25) is 4.79 Å². The van der Waals surface area contributed by atoms with E-state index >= 15 is 0 Å². The molecule has 1 atom stereocenters. The van der Waals surface area contributed by atoms with Gasteiger partial charge in [-0.15, -0.1) is 0 Å². The van der Waals surface area contributed by atoms with Crippen LogP contribution in [0.3, 0.4) is 0 Å². The Hall–Kier alpha value is 0.921. The topological polar surface area (TPSA) is 32.3 Å². The van der Waals surface area contributed by atoms with Crippen molar-refractivity contribution in [1.29, 1.82) is 0 Å². The zero-order valence-electron chi connectivity index (χ0n) is 8.97. The second-order valence-electron chi connectivity index (χ2n) is 3.66. The molecule has 3 nitrogen and oxygen atoms in total. The Kier molecular flexibility index (Phi) is 7.01. The standard InChI is InChI=1S/C7H13BF3N2O.K/c1-6(14)12-7-2-3-13(4-7)5-8(9,10)11;/h7H,2-5H2,1H3,(H,12,14);/q-1;+1. The zero-order chi connectivity index (χ0) is 10.8. The molecule has 1 amide bonds. The Morgan fingerprint density at radius 3 is 2.60 bits per heavy atom. The minimum absolute atomic E-state index is 0. The third kappa shape index (κ3) is 6.96. The summed E-state index contributed by atoms with van der Waals surface area (Å²) in [4.78, 5) is 12.0. The largest absolute Gasteiger partial charge is 1.00 e. The normalized spacial score (nSPS) is 22.3. The first-order valence-corrected chi connectivity index (χ1v) is 4.57. The van der Waals surface area contributed by atoms with E-state index in [2.05, 4.69) is 5.32 Å². The van der Waals surface area contributed by atoms with Crippen molar-refractivity contribution in [2.45, 2.75) is 19.4 Å². The van der Waals surface area contributed by atoms with Crippen LogP contribution in [0.4, 0.5) is 12.9 Å². The molecule has 0 aliphatic carbocycles. The predicted octanol–water partition coefficient (Wildman–Crippen LogP) is -2.41. The maximum atomic E-state index is 12.0. The van der Waals surface area contributed by atoms with Gasteiger partial charge in [-0.05, 0) is 19.4 Å². The van der Waals surface area contributed by atoms with E-state index in [0.29, 0.717) is 19.5 Å². The summed E-state index contributed by atoms with van der Waals surface area (Å²) in [5.41, 5.74) is 0. The number of hydrogen-bond acceptors (Lipinski definition) is 2. The van der Waals surface area contributed by atoms with Crippen molar-refractivity contribution in [3.05, 3.63) is 0 Å². The molecule has 1 heterocycles. The number of rotatable bonds is 3. The Bertz CT molecular complexity index is 227. The van der Waals surface area contributed by atoms with Gasteiger partial charge in [0.05, 0.1) is 0 Å². The quantitative estimate of drug-likeness (QED) is 0.564. The number of carbonyl (C=O) groups excluding carboxylic acids is 1. The number of amides is 1. The van der Waals surface area contributed by atoms with Crippen molar-refractivity contribution in [1.82, 2.24) is 10.2 Å². The Labute approximate surface area is 130 Å².